The molecule has 0 bridgehead atoms. The highest BCUT2D eigenvalue weighted by Crippen LogP contribution is 2.26. The maximum atomic E-state index is 14.2. The molecule has 0 saturated carbocycles. The first-order valence-electron chi connectivity index (χ1n) is 8.02. The molecule has 0 aliphatic rings. The summed E-state index contributed by atoms with van der Waals surface area (Å²) in [5, 5.41) is 0. The van der Waals surface area contributed by atoms with Crippen molar-refractivity contribution in [3.8, 4) is 22.9 Å². The lowest BCUT2D eigenvalue weighted by molar-refractivity contribution is 0.0996. The lowest BCUT2D eigenvalue weighted by atomic mass is 10.1. The molecular formula is C19H17FN4O3. The van der Waals surface area contributed by atoms with E-state index < -0.39 is 11.7 Å². The van der Waals surface area contributed by atoms with Gasteiger partial charge in [0.15, 0.2) is 11.4 Å². The van der Waals surface area contributed by atoms with Crippen molar-refractivity contribution in [3.63, 3.8) is 0 Å². The Morgan fingerprint density at radius 3 is 2.52 bits per heavy atom. The maximum Gasteiger partial charge on any atom is 0.269 e. The number of rotatable bonds is 6. The molecule has 0 aliphatic carbocycles. The van der Waals surface area contributed by atoms with Crippen LogP contribution in [0.1, 0.15) is 21.9 Å². The molecule has 0 atom stereocenters. The van der Waals surface area contributed by atoms with Crippen LogP contribution < -0.4 is 15.2 Å². The summed E-state index contributed by atoms with van der Waals surface area (Å²) in [4.78, 5) is 24.5. The fraction of sp³-hybridized carbons (Fsp3) is 0.158. The third-order valence-corrected chi connectivity index (χ3v) is 3.84. The quantitative estimate of drug-likeness (QED) is 0.717. The summed E-state index contributed by atoms with van der Waals surface area (Å²) in [6, 6.07) is 9.48. The molecule has 3 aromatic rings. The fourth-order valence-corrected chi connectivity index (χ4v) is 2.58. The minimum absolute atomic E-state index is 0.0934. The van der Waals surface area contributed by atoms with Gasteiger partial charge < -0.3 is 15.2 Å². The molecule has 0 unspecified atom stereocenters. The molecule has 1 aromatic carbocycles. The Morgan fingerprint density at radius 1 is 1.07 bits per heavy atom. The molecule has 138 valence electrons. The van der Waals surface area contributed by atoms with E-state index in [1.165, 1.54) is 32.5 Å². The number of pyridine rings is 1. The zero-order valence-corrected chi connectivity index (χ0v) is 14.8. The van der Waals surface area contributed by atoms with Gasteiger partial charge in [-0.15, -0.1) is 0 Å². The molecule has 0 spiro atoms. The van der Waals surface area contributed by atoms with Gasteiger partial charge >= 0.3 is 0 Å². The van der Waals surface area contributed by atoms with Crippen molar-refractivity contribution in [2.24, 2.45) is 5.73 Å². The highest BCUT2D eigenvalue weighted by molar-refractivity contribution is 5.96. The van der Waals surface area contributed by atoms with Crippen LogP contribution in [0.3, 0.4) is 0 Å². The predicted molar refractivity (Wildman–Crippen MR) is 96.1 cm³/mol. The van der Waals surface area contributed by atoms with Crippen LogP contribution in [0.4, 0.5) is 4.39 Å². The number of carbonyl (C=O) groups is 1. The topological polar surface area (TPSA) is 100 Å². The minimum Gasteiger partial charge on any atom is -0.491 e. The number of methoxy groups -OCH3 is 2. The Balaban J connectivity index is 2.02. The Bertz CT molecular complexity index is 994. The summed E-state index contributed by atoms with van der Waals surface area (Å²) in [6.07, 6.45) is 1.72. The first-order valence-corrected chi connectivity index (χ1v) is 8.02. The standard InChI is InChI=1S/C19H17FN4O3/c1-26-15-8-7-11(24-19(15)27-2)9-12-10-22-17(18(21)25)16(23-12)13-5-3-4-6-14(13)20/h3-8,10H,9H2,1-2H3,(H2,21,25). The number of aromatic nitrogens is 3. The monoisotopic (exact) mass is 368 g/mol. The summed E-state index contributed by atoms with van der Waals surface area (Å²) >= 11 is 0. The summed E-state index contributed by atoms with van der Waals surface area (Å²) in [6.45, 7) is 0. The highest BCUT2D eigenvalue weighted by Gasteiger charge is 2.18. The van der Waals surface area contributed by atoms with Crippen molar-refractivity contribution >= 4 is 5.91 Å². The van der Waals surface area contributed by atoms with Gasteiger partial charge in [-0.3, -0.25) is 4.79 Å². The van der Waals surface area contributed by atoms with Crippen LogP contribution in [0.5, 0.6) is 11.6 Å². The summed E-state index contributed by atoms with van der Waals surface area (Å²) < 4.78 is 24.6. The van der Waals surface area contributed by atoms with Crippen LogP contribution in [0.15, 0.2) is 42.6 Å². The fourth-order valence-electron chi connectivity index (χ4n) is 2.58. The number of nitrogens with two attached hydrogens (primary N) is 1. The number of carbonyl (C=O) groups excluding carboxylic acids is 1. The van der Waals surface area contributed by atoms with Gasteiger partial charge in [-0.1, -0.05) is 12.1 Å². The van der Waals surface area contributed by atoms with E-state index in [1.807, 2.05) is 0 Å². The number of benzene rings is 1. The van der Waals surface area contributed by atoms with Gasteiger partial charge in [0, 0.05) is 18.2 Å². The normalized spacial score (nSPS) is 10.5. The predicted octanol–water partition coefficient (Wildman–Crippen LogP) is 2.38. The van der Waals surface area contributed by atoms with Crippen LogP contribution >= 0.6 is 0 Å². The van der Waals surface area contributed by atoms with Gasteiger partial charge in [-0.25, -0.2) is 19.3 Å². The smallest absolute Gasteiger partial charge is 0.269 e. The lowest BCUT2D eigenvalue weighted by Crippen LogP contribution is -2.16. The van der Waals surface area contributed by atoms with E-state index in [0.29, 0.717) is 29.4 Å². The number of primary amides is 1. The van der Waals surface area contributed by atoms with Crippen molar-refractivity contribution in [3.05, 3.63) is 65.5 Å². The van der Waals surface area contributed by atoms with Crippen LogP contribution in [0.2, 0.25) is 0 Å². The second-order valence-corrected chi connectivity index (χ2v) is 5.59. The molecule has 7 nitrogen and oxygen atoms in total. The number of amides is 1. The van der Waals surface area contributed by atoms with E-state index in [9.17, 15) is 9.18 Å². The molecule has 0 aliphatic heterocycles. The summed E-state index contributed by atoms with van der Waals surface area (Å²) in [7, 11) is 3.01. The maximum absolute atomic E-state index is 14.2. The Kier molecular flexibility index (Phi) is 5.25. The zero-order chi connectivity index (χ0) is 19.4. The molecular weight excluding hydrogens is 351 g/mol. The Morgan fingerprint density at radius 2 is 1.85 bits per heavy atom. The number of ether oxygens (including phenoxy) is 2. The van der Waals surface area contributed by atoms with E-state index in [-0.39, 0.29) is 17.0 Å². The van der Waals surface area contributed by atoms with E-state index in [1.54, 1.807) is 24.3 Å². The third-order valence-electron chi connectivity index (χ3n) is 3.84. The van der Waals surface area contributed by atoms with Crippen molar-refractivity contribution < 1.29 is 18.7 Å². The number of halogens is 1. The number of hydrogen-bond donors (Lipinski definition) is 1. The van der Waals surface area contributed by atoms with Gasteiger partial charge in [-0.05, 0) is 24.3 Å². The number of hydrogen-bond acceptors (Lipinski definition) is 6. The average Bonchev–Trinajstić information content (AvgIpc) is 2.68. The van der Waals surface area contributed by atoms with Crippen molar-refractivity contribution in [2.75, 3.05) is 14.2 Å². The zero-order valence-electron chi connectivity index (χ0n) is 14.8. The average molecular weight is 368 g/mol. The van der Waals surface area contributed by atoms with E-state index in [4.69, 9.17) is 15.2 Å². The SMILES string of the molecule is COc1ccc(Cc2cnc(C(N)=O)c(-c3ccccc3F)n2)nc1OC. The molecule has 2 aromatic heterocycles. The summed E-state index contributed by atoms with van der Waals surface area (Å²) in [5.74, 6) is -0.457. The molecule has 1 amide bonds. The third kappa shape index (κ3) is 3.84. The summed E-state index contributed by atoms with van der Waals surface area (Å²) in [5.41, 5.74) is 6.67. The van der Waals surface area contributed by atoms with E-state index in [0.717, 1.165) is 0 Å². The van der Waals surface area contributed by atoms with Gasteiger partial charge in [-0.2, -0.15) is 0 Å². The molecule has 27 heavy (non-hydrogen) atoms. The van der Waals surface area contributed by atoms with Crippen LogP contribution in [0, 0.1) is 5.82 Å². The van der Waals surface area contributed by atoms with Crippen LogP contribution in [-0.4, -0.2) is 35.1 Å². The molecule has 0 fully saturated rings. The highest BCUT2D eigenvalue weighted by atomic mass is 19.1. The molecule has 3 rings (SSSR count). The van der Waals surface area contributed by atoms with E-state index in [2.05, 4.69) is 15.0 Å². The van der Waals surface area contributed by atoms with Crippen molar-refractivity contribution in [1.82, 2.24) is 15.0 Å². The molecule has 2 heterocycles. The van der Waals surface area contributed by atoms with Crippen LogP contribution in [-0.2, 0) is 6.42 Å². The Labute approximate surface area is 155 Å². The first kappa shape index (κ1) is 18.2. The second kappa shape index (κ2) is 7.77. The minimum atomic E-state index is -0.781. The van der Waals surface area contributed by atoms with Crippen molar-refractivity contribution in [2.45, 2.75) is 6.42 Å². The first-order chi connectivity index (χ1) is 13.0. The van der Waals surface area contributed by atoms with Crippen molar-refractivity contribution in [1.29, 1.82) is 0 Å². The molecule has 8 heteroatoms. The number of nitrogens with zero attached hydrogens (tertiary/aromatic N) is 3. The van der Waals surface area contributed by atoms with Crippen LogP contribution in [0.25, 0.3) is 11.3 Å². The lowest BCUT2D eigenvalue weighted by Gasteiger charge is -2.10. The Hall–Kier alpha value is -3.55. The van der Waals surface area contributed by atoms with Gasteiger partial charge in [0.25, 0.3) is 11.8 Å². The van der Waals surface area contributed by atoms with E-state index >= 15 is 0 Å². The van der Waals surface area contributed by atoms with Gasteiger partial charge in [0.05, 0.1) is 25.6 Å². The largest absolute Gasteiger partial charge is 0.491 e. The van der Waals surface area contributed by atoms with Gasteiger partial charge in [0.2, 0.25) is 0 Å². The second-order valence-electron chi connectivity index (χ2n) is 5.59. The molecule has 0 radical (unpaired) electrons. The van der Waals surface area contributed by atoms with Gasteiger partial charge in [0.1, 0.15) is 11.5 Å². The molecule has 2 N–H and O–H groups in total. The molecule has 0 saturated heterocycles.